The van der Waals surface area contributed by atoms with E-state index in [-0.39, 0.29) is 5.91 Å². The molecule has 0 radical (unpaired) electrons. The van der Waals surface area contributed by atoms with Crippen LogP contribution < -0.4 is 5.32 Å². The summed E-state index contributed by atoms with van der Waals surface area (Å²) in [5.74, 6) is -0.478. The van der Waals surface area contributed by atoms with E-state index in [1.165, 1.54) is 0 Å². The lowest BCUT2D eigenvalue weighted by molar-refractivity contribution is -0.144. The van der Waals surface area contributed by atoms with Gasteiger partial charge in [0.15, 0.2) is 0 Å². The Morgan fingerprint density at radius 2 is 1.93 bits per heavy atom. The fourth-order valence-corrected chi connectivity index (χ4v) is 1.47. The van der Waals surface area contributed by atoms with E-state index in [1.54, 1.807) is 32.5 Å². The van der Waals surface area contributed by atoms with E-state index in [2.05, 4.69) is 5.32 Å². The zero-order chi connectivity index (χ0) is 12.1. The molecule has 0 bridgehead atoms. The molecule has 0 spiro atoms. The van der Waals surface area contributed by atoms with E-state index in [0.717, 1.165) is 0 Å². The lowest BCUT2D eigenvalue weighted by Gasteiger charge is -2.27. The molecule has 0 rings (SSSR count). The molecule has 1 amide bonds. The van der Waals surface area contributed by atoms with Crippen LogP contribution in [0, 0.1) is 5.41 Å². The molecule has 88 valence electrons. The van der Waals surface area contributed by atoms with E-state index in [4.69, 9.17) is 5.11 Å². The fourth-order valence-electron chi connectivity index (χ4n) is 1.08. The minimum Gasteiger partial charge on any atom is -0.480 e. The van der Waals surface area contributed by atoms with E-state index < -0.39 is 17.4 Å². The van der Waals surface area contributed by atoms with Gasteiger partial charge in [-0.25, -0.2) is 4.79 Å². The van der Waals surface area contributed by atoms with Crippen molar-refractivity contribution in [2.75, 3.05) is 12.0 Å². The Balaban J connectivity index is 4.31. The molecule has 0 aromatic rings. The molecule has 15 heavy (non-hydrogen) atoms. The number of hydrogen-bond donors (Lipinski definition) is 2. The molecule has 0 saturated carbocycles. The van der Waals surface area contributed by atoms with Crippen LogP contribution in [0.4, 0.5) is 0 Å². The van der Waals surface area contributed by atoms with Gasteiger partial charge in [0.2, 0.25) is 5.91 Å². The van der Waals surface area contributed by atoms with Gasteiger partial charge >= 0.3 is 5.97 Å². The summed E-state index contributed by atoms with van der Waals surface area (Å²) in [7, 11) is 0. The van der Waals surface area contributed by atoms with Gasteiger partial charge in [-0.3, -0.25) is 4.79 Å². The normalized spacial score (nSPS) is 13.3. The Morgan fingerprint density at radius 1 is 1.40 bits per heavy atom. The van der Waals surface area contributed by atoms with Gasteiger partial charge in [0.25, 0.3) is 0 Å². The summed E-state index contributed by atoms with van der Waals surface area (Å²) >= 11 is 1.56. The number of amides is 1. The number of rotatable bonds is 5. The second-order valence-corrected chi connectivity index (χ2v) is 5.43. The van der Waals surface area contributed by atoms with Crippen LogP contribution in [-0.4, -0.2) is 35.0 Å². The smallest absolute Gasteiger partial charge is 0.326 e. The molecule has 1 atom stereocenters. The Hall–Kier alpha value is -0.710. The number of carboxylic acids is 1. The average molecular weight is 233 g/mol. The third kappa shape index (κ3) is 5.67. The molecule has 0 aliphatic carbocycles. The fraction of sp³-hybridized carbons (Fsp3) is 0.800. The Morgan fingerprint density at radius 3 is 2.27 bits per heavy atom. The lowest BCUT2D eigenvalue weighted by atomic mass is 9.87. The molecule has 0 aliphatic heterocycles. The number of carbonyl (C=O) groups is 2. The topological polar surface area (TPSA) is 66.4 Å². The highest BCUT2D eigenvalue weighted by Crippen LogP contribution is 2.19. The van der Waals surface area contributed by atoms with Crippen molar-refractivity contribution < 1.29 is 14.7 Å². The number of thioether (sulfide) groups is 1. The van der Waals surface area contributed by atoms with Crippen LogP contribution in [0.25, 0.3) is 0 Å². The maximum atomic E-state index is 11.4. The molecule has 0 aromatic heterocycles. The predicted molar refractivity (Wildman–Crippen MR) is 62.0 cm³/mol. The molecular formula is C10H19NO3S. The third-order valence-corrected chi connectivity index (χ3v) is 2.56. The summed E-state index contributed by atoms with van der Waals surface area (Å²) in [4.78, 5) is 22.3. The van der Waals surface area contributed by atoms with Crippen molar-refractivity contribution in [1.29, 1.82) is 0 Å². The molecule has 5 heteroatoms. The Bertz CT molecular complexity index is 235. The van der Waals surface area contributed by atoms with Crippen molar-refractivity contribution in [3.05, 3.63) is 0 Å². The van der Waals surface area contributed by atoms with Crippen molar-refractivity contribution in [3.8, 4) is 0 Å². The molecule has 0 aliphatic rings. The lowest BCUT2D eigenvalue weighted by Crippen LogP contribution is -2.49. The molecule has 4 nitrogen and oxygen atoms in total. The zero-order valence-electron chi connectivity index (χ0n) is 9.66. The molecule has 0 aromatic carbocycles. The average Bonchev–Trinajstić information content (AvgIpc) is 2.08. The highest BCUT2D eigenvalue weighted by Gasteiger charge is 2.32. The van der Waals surface area contributed by atoms with Gasteiger partial charge in [-0.2, -0.15) is 11.8 Å². The molecule has 0 heterocycles. The maximum Gasteiger partial charge on any atom is 0.326 e. The van der Waals surface area contributed by atoms with Gasteiger partial charge in [-0.1, -0.05) is 20.8 Å². The van der Waals surface area contributed by atoms with Gasteiger partial charge in [0.1, 0.15) is 6.04 Å². The highest BCUT2D eigenvalue weighted by molar-refractivity contribution is 7.98. The van der Waals surface area contributed by atoms with Crippen molar-refractivity contribution >= 4 is 23.6 Å². The van der Waals surface area contributed by atoms with Crippen LogP contribution in [0.2, 0.25) is 0 Å². The first kappa shape index (κ1) is 14.3. The standard InChI is InChI=1S/C10H19NO3S/c1-10(2,3)8(9(13)14)11-7(12)5-6-15-4/h8H,5-6H2,1-4H3,(H,11,12)(H,13,14). The van der Waals surface area contributed by atoms with Crippen molar-refractivity contribution in [2.24, 2.45) is 5.41 Å². The third-order valence-electron chi connectivity index (χ3n) is 1.95. The molecule has 0 saturated heterocycles. The monoisotopic (exact) mass is 233 g/mol. The molecule has 2 N–H and O–H groups in total. The SMILES string of the molecule is CSCCC(=O)NC(C(=O)O)C(C)(C)C. The number of nitrogens with one attached hydrogen (secondary N) is 1. The number of carbonyl (C=O) groups excluding carboxylic acids is 1. The van der Waals surface area contributed by atoms with Gasteiger partial charge in [-0.15, -0.1) is 0 Å². The van der Waals surface area contributed by atoms with Crippen LogP contribution >= 0.6 is 11.8 Å². The van der Waals surface area contributed by atoms with Gasteiger partial charge in [0.05, 0.1) is 0 Å². The van der Waals surface area contributed by atoms with Gasteiger partial charge < -0.3 is 10.4 Å². The second-order valence-electron chi connectivity index (χ2n) is 4.45. The van der Waals surface area contributed by atoms with E-state index in [1.807, 2.05) is 6.26 Å². The van der Waals surface area contributed by atoms with Crippen molar-refractivity contribution in [2.45, 2.75) is 33.2 Å². The summed E-state index contributed by atoms with van der Waals surface area (Å²) < 4.78 is 0. The Labute approximate surface area is 94.8 Å². The summed E-state index contributed by atoms with van der Waals surface area (Å²) in [6, 6.07) is -0.827. The van der Waals surface area contributed by atoms with Crippen LogP contribution in [0.1, 0.15) is 27.2 Å². The predicted octanol–water partition coefficient (Wildman–Crippen LogP) is 1.35. The number of aliphatic carboxylic acids is 1. The largest absolute Gasteiger partial charge is 0.480 e. The molecular weight excluding hydrogens is 214 g/mol. The Kier molecular flexibility index (Phi) is 5.72. The van der Waals surface area contributed by atoms with Crippen LogP contribution in [0.5, 0.6) is 0 Å². The van der Waals surface area contributed by atoms with Crippen molar-refractivity contribution in [3.63, 3.8) is 0 Å². The van der Waals surface area contributed by atoms with E-state index in [0.29, 0.717) is 12.2 Å². The zero-order valence-corrected chi connectivity index (χ0v) is 10.5. The molecule has 1 unspecified atom stereocenters. The first-order valence-corrected chi connectivity index (χ1v) is 6.19. The summed E-state index contributed by atoms with van der Waals surface area (Å²) in [5, 5.41) is 11.5. The first-order chi connectivity index (χ1) is 6.79. The van der Waals surface area contributed by atoms with Crippen LogP contribution in [-0.2, 0) is 9.59 Å². The van der Waals surface area contributed by atoms with E-state index >= 15 is 0 Å². The van der Waals surface area contributed by atoms with Gasteiger partial charge in [-0.05, 0) is 11.7 Å². The maximum absolute atomic E-state index is 11.4. The number of carboxylic acid groups (broad SMARTS) is 1. The highest BCUT2D eigenvalue weighted by atomic mass is 32.2. The summed E-state index contributed by atoms with van der Waals surface area (Å²) in [6.45, 7) is 5.38. The molecule has 0 fully saturated rings. The number of hydrogen-bond acceptors (Lipinski definition) is 3. The van der Waals surface area contributed by atoms with Gasteiger partial charge in [0, 0.05) is 12.2 Å². The van der Waals surface area contributed by atoms with Crippen LogP contribution in [0.3, 0.4) is 0 Å². The first-order valence-electron chi connectivity index (χ1n) is 4.80. The quantitative estimate of drug-likeness (QED) is 0.752. The van der Waals surface area contributed by atoms with E-state index in [9.17, 15) is 9.59 Å². The minimum absolute atomic E-state index is 0.202. The van der Waals surface area contributed by atoms with Crippen LogP contribution in [0.15, 0.2) is 0 Å². The minimum atomic E-state index is -0.986. The summed E-state index contributed by atoms with van der Waals surface area (Å²) in [6.07, 6.45) is 2.27. The van der Waals surface area contributed by atoms with Crippen molar-refractivity contribution in [1.82, 2.24) is 5.32 Å². The second kappa shape index (κ2) is 6.00. The summed E-state index contributed by atoms with van der Waals surface area (Å²) in [5.41, 5.74) is -0.471.